The first-order chi connectivity index (χ1) is 7.20. The van der Waals surface area contributed by atoms with Crippen molar-refractivity contribution in [3.63, 3.8) is 0 Å². The van der Waals surface area contributed by atoms with Crippen molar-refractivity contribution in [3.05, 3.63) is 29.3 Å². The number of benzene rings is 1. The molecular weight excluding hydrogens is 188 g/mol. The number of fused-ring (bicyclic) bond motifs is 1. The van der Waals surface area contributed by atoms with Gasteiger partial charge in [-0.1, -0.05) is 12.1 Å². The van der Waals surface area contributed by atoms with Crippen LogP contribution in [0.15, 0.2) is 18.2 Å². The lowest BCUT2D eigenvalue weighted by atomic mass is 9.94. The predicted molar refractivity (Wildman–Crippen MR) is 61.1 cm³/mol. The smallest absolute Gasteiger partial charge is 0.136 e. The lowest BCUT2D eigenvalue weighted by molar-refractivity contribution is -0.109. The zero-order valence-electron chi connectivity index (χ0n) is 8.86. The van der Waals surface area contributed by atoms with Crippen molar-refractivity contribution in [1.29, 1.82) is 0 Å². The SMILES string of the molecule is Cc1ccc2c(c1)NCC2CC(N)C=O. The fraction of sp³-hybridized carbons (Fsp3) is 0.417. The van der Waals surface area contributed by atoms with Crippen molar-refractivity contribution >= 4 is 12.0 Å². The number of aldehydes is 1. The fourth-order valence-electron chi connectivity index (χ4n) is 2.12. The van der Waals surface area contributed by atoms with Crippen LogP contribution in [0.4, 0.5) is 5.69 Å². The Bertz CT molecular complexity index is 376. The maximum absolute atomic E-state index is 10.5. The van der Waals surface area contributed by atoms with Gasteiger partial charge in [-0.2, -0.15) is 0 Å². The Labute approximate surface area is 89.7 Å². The van der Waals surface area contributed by atoms with Crippen LogP contribution in [0.5, 0.6) is 0 Å². The summed E-state index contributed by atoms with van der Waals surface area (Å²) in [7, 11) is 0. The fourth-order valence-corrected chi connectivity index (χ4v) is 2.12. The molecule has 2 rings (SSSR count). The first-order valence-corrected chi connectivity index (χ1v) is 5.26. The summed E-state index contributed by atoms with van der Waals surface area (Å²) in [5, 5.41) is 3.35. The molecule has 80 valence electrons. The van der Waals surface area contributed by atoms with Crippen molar-refractivity contribution in [2.75, 3.05) is 11.9 Å². The highest BCUT2D eigenvalue weighted by Gasteiger charge is 2.23. The van der Waals surface area contributed by atoms with Crippen LogP contribution in [0.1, 0.15) is 23.5 Å². The first kappa shape index (κ1) is 10.2. The lowest BCUT2D eigenvalue weighted by Crippen LogP contribution is -2.24. The van der Waals surface area contributed by atoms with E-state index in [0.29, 0.717) is 5.92 Å². The molecule has 1 aromatic carbocycles. The molecule has 2 unspecified atom stereocenters. The van der Waals surface area contributed by atoms with Crippen LogP contribution in [0.2, 0.25) is 0 Å². The van der Waals surface area contributed by atoms with Gasteiger partial charge in [0.2, 0.25) is 0 Å². The van der Waals surface area contributed by atoms with Crippen LogP contribution in [-0.2, 0) is 4.79 Å². The van der Waals surface area contributed by atoms with E-state index in [9.17, 15) is 4.79 Å². The maximum Gasteiger partial charge on any atom is 0.136 e. The molecule has 0 aliphatic carbocycles. The highest BCUT2D eigenvalue weighted by atomic mass is 16.1. The molecule has 0 radical (unpaired) electrons. The van der Waals surface area contributed by atoms with Crippen molar-refractivity contribution in [2.24, 2.45) is 5.73 Å². The van der Waals surface area contributed by atoms with E-state index in [1.54, 1.807) is 0 Å². The third-order valence-electron chi connectivity index (χ3n) is 2.92. The topological polar surface area (TPSA) is 55.1 Å². The van der Waals surface area contributed by atoms with Crippen LogP contribution >= 0.6 is 0 Å². The third-order valence-corrected chi connectivity index (χ3v) is 2.92. The van der Waals surface area contributed by atoms with E-state index in [2.05, 4.69) is 30.4 Å². The number of carbonyl (C=O) groups is 1. The number of nitrogens with two attached hydrogens (primary N) is 1. The third kappa shape index (κ3) is 2.02. The Hall–Kier alpha value is -1.35. The minimum Gasteiger partial charge on any atom is -0.384 e. The Morgan fingerprint density at radius 2 is 2.47 bits per heavy atom. The Morgan fingerprint density at radius 1 is 1.67 bits per heavy atom. The molecule has 3 nitrogen and oxygen atoms in total. The summed E-state index contributed by atoms with van der Waals surface area (Å²) in [6.45, 7) is 2.97. The highest BCUT2D eigenvalue weighted by molar-refractivity contribution is 5.61. The molecule has 0 saturated carbocycles. The van der Waals surface area contributed by atoms with Gasteiger partial charge in [0, 0.05) is 18.2 Å². The molecule has 0 amide bonds. The summed E-state index contributed by atoms with van der Waals surface area (Å²) in [6, 6.07) is 6.03. The van der Waals surface area contributed by atoms with Gasteiger partial charge in [-0.3, -0.25) is 0 Å². The second-order valence-corrected chi connectivity index (χ2v) is 4.20. The molecule has 1 heterocycles. The van der Waals surface area contributed by atoms with E-state index in [4.69, 9.17) is 5.73 Å². The number of rotatable bonds is 3. The first-order valence-electron chi connectivity index (χ1n) is 5.26. The molecule has 15 heavy (non-hydrogen) atoms. The molecule has 0 spiro atoms. The lowest BCUT2D eigenvalue weighted by Gasteiger charge is -2.11. The molecule has 1 aliphatic heterocycles. The number of hydrogen-bond donors (Lipinski definition) is 2. The molecule has 3 heteroatoms. The number of anilines is 1. The van der Waals surface area contributed by atoms with Crippen LogP contribution in [0.25, 0.3) is 0 Å². The Kier molecular flexibility index (Phi) is 2.73. The number of nitrogens with one attached hydrogen (secondary N) is 1. The van der Waals surface area contributed by atoms with Crippen LogP contribution in [-0.4, -0.2) is 18.9 Å². The van der Waals surface area contributed by atoms with Crippen molar-refractivity contribution in [3.8, 4) is 0 Å². The zero-order valence-corrected chi connectivity index (χ0v) is 8.86. The van der Waals surface area contributed by atoms with E-state index in [1.807, 2.05) is 0 Å². The maximum atomic E-state index is 10.5. The molecule has 0 bridgehead atoms. The van der Waals surface area contributed by atoms with E-state index in [0.717, 1.165) is 19.3 Å². The minimum atomic E-state index is -0.343. The number of carbonyl (C=O) groups excluding carboxylic acids is 1. The van der Waals surface area contributed by atoms with E-state index in [-0.39, 0.29) is 6.04 Å². The number of aryl methyl sites for hydroxylation is 1. The quantitative estimate of drug-likeness (QED) is 0.732. The molecule has 0 fully saturated rings. The largest absolute Gasteiger partial charge is 0.384 e. The standard InChI is InChI=1S/C12H16N2O/c1-8-2-3-11-9(5-10(13)7-15)6-14-12(11)4-8/h2-4,7,9-10,14H,5-6,13H2,1H3. The van der Waals surface area contributed by atoms with Crippen molar-refractivity contribution in [2.45, 2.75) is 25.3 Å². The van der Waals surface area contributed by atoms with Gasteiger partial charge in [0.15, 0.2) is 0 Å². The summed E-state index contributed by atoms with van der Waals surface area (Å²) in [4.78, 5) is 10.5. The number of hydrogen-bond acceptors (Lipinski definition) is 3. The second kappa shape index (κ2) is 4.03. The predicted octanol–water partition coefficient (Wildman–Crippen LogP) is 1.42. The van der Waals surface area contributed by atoms with Crippen LogP contribution in [0, 0.1) is 6.92 Å². The Morgan fingerprint density at radius 3 is 3.20 bits per heavy atom. The van der Waals surface area contributed by atoms with E-state index < -0.39 is 0 Å². The summed E-state index contributed by atoms with van der Waals surface area (Å²) >= 11 is 0. The van der Waals surface area contributed by atoms with Gasteiger partial charge in [-0.15, -0.1) is 0 Å². The average molecular weight is 204 g/mol. The van der Waals surface area contributed by atoms with Gasteiger partial charge in [0.1, 0.15) is 6.29 Å². The van der Waals surface area contributed by atoms with Gasteiger partial charge in [-0.05, 0) is 30.5 Å². The molecule has 0 saturated heterocycles. The molecule has 3 N–H and O–H groups in total. The van der Waals surface area contributed by atoms with Crippen LogP contribution in [0.3, 0.4) is 0 Å². The molecule has 2 atom stereocenters. The molecule has 1 aliphatic rings. The van der Waals surface area contributed by atoms with Crippen molar-refractivity contribution in [1.82, 2.24) is 0 Å². The van der Waals surface area contributed by atoms with E-state index >= 15 is 0 Å². The van der Waals surface area contributed by atoms with Gasteiger partial charge < -0.3 is 15.8 Å². The van der Waals surface area contributed by atoms with Gasteiger partial charge >= 0.3 is 0 Å². The molecule has 1 aromatic rings. The van der Waals surface area contributed by atoms with Crippen molar-refractivity contribution < 1.29 is 4.79 Å². The highest BCUT2D eigenvalue weighted by Crippen LogP contribution is 2.34. The summed E-state index contributed by atoms with van der Waals surface area (Å²) in [5.41, 5.74) is 9.38. The summed E-state index contributed by atoms with van der Waals surface area (Å²) in [6.07, 6.45) is 1.55. The Balaban J connectivity index is 2.18. The summed E-state index contributed by atoms with van der Waals surface area (Å²) in [5.74, 6) is 0.376. The average Bonchev–Trinajstić information content (AvgIpc) is 2.60. The zero-order chi connectivity index (χ0) is 10.8. The molecular formula is C12H16N2O. The van der Waals surface area contributed by atoms with Gasteiger partial charge in [0.25, 0.3) is 0 Å². The van der Waals surface area contributed by atoms with Gasteiger partial charge in [0.05, 0.1) is 6.04 Å². The minimum absolute atomic E-state index is 0.343. The van der Waals surface area contributed by atoms with E-state index in [1.165, 1.54) is 16.8 Å². The monoisotopic (exact) mass is 204 g/mol. The molecule has 0 aromatic heterocycles. The van der Waals surface area contributed by atoms with Gasteiger partial charge in [-0.25, -0.2) is 0 Å². The van der Waals surface area contributed by atoms with Crippen LogP contribution < -0.4 is 11.1 Å². The second-order valence-electron chi connectivity index (χ2n) is 4.20. The normalized spacial score (nSPS) is 20.5. The summed E-state index contributed by atoms with van der Waals surface area (Å²) < 4.78 is 0.